The Morgan fingerprint density at radius 2 is 1.21 bits per heavy atom. The summed E-state index contributed by atoms with van der Waals surface area (Å²) >= 11 is 5.86. The van der Waals surface area contributed by atoms with Crippen molar-refractivity contribution < 1.29 is 0 Å². The van der Waals surface area contributed by atoms with Crippen LogP contribution in [0.25, 0.3) is 32.0 Å². The van der Waals surface area contributed by atoms with Crippen molar-refractivity contribution in [2.24, 2.45) is 0 Å². The molecule has 2 aromatic carbocycles. The van der Waals surface area contributed by atoms with E-state index in [0.29, 0.717) is 0 Å². The van der Waals surface area contributed by atoms with Gasteiger partial charge in [-0.05, 0) is 64.1 Å². The molecule has 0 nitrogen and oxygen atoms in total. The molecule has 0 spiro atoms. The van der Waals surface area contributed by atoms with E-state index in [1.165, 1.54) is 62.1 Å². The molecule has 0 N–H and O–H groups in total. The molecule has 1 unspecified atom stereocenters. The second-order valence-corrected chi connectivity index (χ2v) is 16.4. The van der Waals surface area contributed by atoms with Crippen molar-refractivity contribution >= 4 is 57.2 Å². The Bertz CT molecular complexity index is 1520. The van der Waals surface area contributed by atoms with Gasteiger partial charge in [0.2, 0.25) is 0 Å². The Morgan fingerprint density at radius 3 is 1.85 bits per heavy atom. The van der Waals surface area contributed by atoms with Crippen molar-refractivity contribution in [2.75, 3.05) is 6.66 Å². The Balaban J connectivity index is 1.78. The number of hydrogen-bond donors (Lipinski definition) is 0. The lowest BCUT2D eigenvalue weighted by Gasteiger charge is -2.21. The van der Waals surface area contributed by atoms with Crippen LogP contribution < -0.4 is 15.9 Å². The van der Waals surface area contributed by atoms with Crippen LogP contribution in [0.3, 0.4) is 0 Å². The van der Waals surface area contributed by atoms with E-state index in [0.717, 1.165) is 0 Å². The van der Waals surface area contributed by atoms with Gasteiger partial charge in [0.15, 0.2) is 0 Å². The van der Waals surface area contributed by atoms with E-state index in [4.69, 9.17) is 0 Å². The highest BCUT2D eigenvalue weighted by molar-refractivity contribution is 7.96. The first-order chi connectivity index (χ1) is 15.9. The summed E-state index contributed by atoms with van der Waals surface area (Å²) in [6, 6.07) is 25.3. The molecule has 33 heavy (non-hydrogen) atoms. The van der Waals surface area contributed by atoms with E-state index >= 15 is 0 Å². The third kappa shape index (κ3) is 3.10. The van der Waals surface area contributed by atoms with Gasteiger partial charge in [-0.1, -0.05) is 30.3 Å². The van der Waals surface area contributed by atoms with Crippen LogP contribution in [0.5, 0.6) is 0 Å². The number of benzene rings is 2. The monoisotopic (exact) mass is 501 g/mol. The summed E-state index contributed by atoms with van der Waals surface area (Å²) in [7, 11) is -1.76. The molecule has 0 saturated heterocycles. The molecule has 0 saturated carbocycles. The molecule has 0 amide bonds. The summed E-state index contributed by atoms with van der Waals surface area (Å²) in [4.78, 5) is 8.57. The largest absolute Gasteiger partial charge is 0.145 e. The number of hydrogen-bond acceptors (Lipinski definition) is 3. The van der Waals surface area contributed by atoms with Gasteiger partial charge >= 0.3 is 0 Å². The third-order valence-corrected chi connectivity index (χ3v) is 14.2. The summed E-state index contributed by atoms with van der Waals surface area (Å²) in [6.07, 6.45) is 0. The Kier molecular flexibility index (Phi) is 5.05. The third-order valence-electron chi connectivity index (χ3n) is 6.83. The predicted octanol–water partition coefficient (Wildman–Crippen LogP) is 8.34. The van der Waals surface area contributed by atoms with Crippen molar-refractivity contribution in [3.8, 4) is 32.0 Å². The molecule has 4 heterocycles. The maximum Gasteiger partial charge on any atom is 0.131 e. The van der Waals surface area contributed by atoms with Crippen LogP contribution in [-0.2, 0) is 0 Å². The van der Waals surface area contributed by atoms with Gasteiger partial charge in [0, 0.05) is 46.6 Å². The van der Waals surface area contributed by atoms with Crippen LogP contribution in [0.1, 0.15) is 19.5 Å². The van der Waals surface area contributed by atoms with Crippen molar-refractivity contribution in [1.82, 2.24) is 0 Å². The van der Waals surface area contributed by atoms with Crippen molar-refractivity contribution in [2.45, 2.75) is 27.7 Å². The molecule has 164 valence electrons. The fourth-order valence-corrected chi connectivity index (χ4v) is 13.3. The highest BCUT2D eigenvalue weighted by Crippen LogP contribution is 2.65. The lowest BCUT2D eigenvalue weighted by molar-refractivity contribution is 1.58. The maximum absolute atomic E-state index is 2.55. The first kappa shape index (κ1) is 21.5. The normalized spacial score (nSPS) is 16.8. The molecule has 1 aliphatic heterocycles. The molecule has 3 aromatic heterocycles. The minimum atomic E-state index is -1.76. The Hall–Kier alpha value is -2.03. The molecular weight excluding hydrogens is 475 g/mol. The lowest BCUT2D eigenvalue weighted by atomic mass is 10.0. The molecule has 1 atom stereocenters. The number of aryl methyl sites for hydroxylation is 4. The summed E-state index contributed by atoms with van der Waals surface area (Å²) in [5, 5.41) is 4.61. The van der Waals surface area contributed by atoms with Gasteiger partial charge in [0.1, 0.15) is 23.2 Å². The number of fused-ring (bicyclic) bond motifs is 3. The molecule has 1 aliphatic rings. The molecule has 4 heteroatoms. The van der Waals surface area contributed by atoms with Crippen molar-refractivity contribution in [3.63, 3.8) is 0 Å². The maximum atomic E-state index is 2.55. The van der Waals surface area contributed by atoms with Gasteiger partial charge in [0.25, 0.3) is 0 Å². The number of rotatable bonds is 3. The standard InChI is InChI=1S/C29H26PS3/c1-17-15-23(19(3)31-17)26-27-29(33-28(26)24-16-18(2)32-20(24)4)22-13-9-10-14-25(22)30(27,5)21-11-7-6-8-12-21/h6-16H,1-5H3/q+1. The van der Waals surface area contributed by atoms with E-state index in [1.807, 2.05) is 34.0 Å². The molecule has 0 radical (unpaired) electrons. The van der Waals surface area contributed by atoms with Gasteiger partial charge in [-0.15, -0.1) is 34.0 Å². The van der Waals surface area contributed by atoms with Gasteiger partial charge in [-0.25, -0.2) is 0 Å². The minimum Gasteiger partial charge on any atom is -0.145 e. The average molecular weight is 502 g/mol. The predicted molar refractivity (Wildman–Crippen MR) is 154 cm³/mol. The average Bonchev–Trinajstić information content (AvgIpc) is 3.51. The second kappa shape index (κ2) is 7.75. The number of thiophene rings is 3. The van der Waals surface area contributed by atoms with Gasteiger partial charge in [0.05, 0.1) is 11.5 Å². The molecule has 6 rings (SSSR count). The van der Waals surface area contributed by atoms with E-state index in [2.05, 4.69) is 101 Å². The van der Waals surface area contributed by atoms with Crippen LogP contribution >= 0.6 is 41.3 Å². The van der Waals surface area contributed by atoms with Crippen molar-refractivity contribution in [1.29, 1.82) is 0 Å². The zero-order valence-corrected chi connectivity index (χ0v) is 22.9. The molecule has 0 bridgehead atoms. The summed E-state index contributed by atoms with van der Waals surface area (Å²) in [6.45, 7) is 11.6. The van der Waals surface area contributed by atoms with Crippen LogP contribution in [0.4, 0.5) is 0 Å². The van der Waals surface area contributed by atoms with Crippen LogP contribution in [0, 0.1) is 27.7 Å². The highest BCUT2D eigenvalue weighted by atomic mass is 32.1. The van der Waals surface area contributed by atoms with E-state index in [-0.39, 0.29) is 0 Å². The Labute approximate surface area is 208 Å². The summed E-state index contributed by atoms with van der Waals surface area (Å²) in [5.74, 6) is 0. The van der Waals surface area contributed by atoms with Crippen LogP contribution in [0.2, 0.25) is 0 Å². The van der Waals surface area contributed by atoms with Crippen LogP contribution in [0.15, 0.2) is 66.7 Å². The molecule has 5 aromatic rings. The molecular formula is C29H26PS3+. The van der Waals surface area contributed by atoms with Crippen molar-refractivity contribution in [3.05, 3.63) is 86.2 Å². The first-order valence-corrected chi connectivity index (χ1v) is 15.9. The fraction of sp³-hybridized carbons (Fsp3) is 0.172. The smallest absolute Gasteiger partial charge is 0.131 e. The van der Waals surface area contributed by atoms with E-state index in [1.54, 1.807) is 5.30 Å². The summed E-state index contributed by atoms with van der Waals surface area (Å²) in [5.41, 5.74) is 5.79. The zero-order chi connectivity index (χ0) is 22.9. The van der Waals surface area contributed by atoms with Gasteiger partial charge in [-0.3, -0.25) is 0 Å². The Morgan fingerprint density at radius 1 is 0.606 bits per heavy atom. The second-order valence-electron chi connectivity index (χ2n) is 9.00. The van der Waals surface area contributed by atoms with Gasteiger partial charge < -0.3 is 0 Å². The summed E-state index contributed by atoms with van der Waals surface area (Å²) < 4.78 is 0. The quantitative estimate of drug-likeness (QED) is 0.218. The van der Waals surface area contributed by atoms with E-state index < -0.39 is 7.26 Å². The minimum absolute atomic E-state index is 1.39. The fourth-order valence-electron chi connectivity index (χ4n) is 5.38. The lowest BCUT2D eigenvalue weighted by Crippen LogP contribution is -2.27. The van der Waals surface area contributed by atoms with Crippen LogP contribution in [-0.4, -0.2) is 6.66 Å². The van der Waals surface area contributed by atoms with Gasteiger partial charge in [-0.2, -0.15) is 0 Å². The SMILES string of the molecule is Cc1cc(-c2sc3c(c2-c2cc(C)sc2C)[P+](C)(c2ccccc2)c2ccccc2-3)c(C)s1. The molecule has 0 aliphatic carbocycles. The highest BCUT2D eigenvalue weighted by Gasteiger charge is 2.53. The molecule has 0 fully saturated rings. The van der Waals surface area contributed by atoms with E-state index in [9.17, 15) is 0 Å². The zero-order valence-electron chi connectivity index (χ0n) is 19.5. The first-order valence-electron chi connectivity index (χ1n) is 11.2. The topological polar surface area (TPSA) is 0 Å².